The molecule has 0 aliphatic carbocycles. The van der Waals surface area contributed by atoms with E-state index in [0.29, 0.717) is 34.7 Å². The zero-order valence-electron chi connectivity index (χ0n) is 7.72. The van der Waals surface area contributed by atoms with Gasteiger partial charge in [0.2, 0.25) is 0 Å². The van der Waals surface area contributed by atoms with E-state index in [-0.39, 0.29) is 0 Å². The van der Waals surface area contributed by atoms with Crippen LogP contribution in [0.25, 0.3) is 0 Å². The van der Waals surface area contributed by atoms with Crippen LogP contribution in [0.2, 0.25) is 10.0 Å². The van der Waals surface area contributed by atoms with Crippen molar-refractivity contribution in [2.75, 3.05) is 20.3 Å². The van der Waals surface area contributed by atoms with Crippen LogP contribution in [0, 0.1) is 0 Å². The number of hydrogen-bond donors (Lipinski definition) is 1. The fourth-order valence-electron chi connectivity index (χ4n) is 1.01. The molecule has 2 N–H and O–H groups in total. The number of hydrogen-bond acceptors (Lipinski definition) is 3. The number of methoxy groups -OCH3 is 1. The Bertz CT molecular complexity index is 318. The molecular formula is C9H11Cl2NO2. The Kier molecular flexibility index (Phi) is 4.32. The molecule has 0 saturated carbocycles. The monoisotopic (exact) mass is 235 g/mol. The molecule has 0 radical (unpaired) electrons. The van der Waals surface area contributed by atoms with Crippen LogP contribution in [0.4, 0.5) is 0 Å². The molecule has 0 unspecified atom stereocenters. The van der Waals surface area contributed by atoms with Crippen LogP contribution < -0.4 is 15.2 Å². The van der Waals surface area contributed by atoms with E-state index in [9.17, 15) is 0 Å². The fourth-order valence-corrected chi connectivity index (χ4v) is 1.56. The first-order chi connectivity index (χ1) is 6.69. The third-order valence-corrected chi connectivity index (χ3v) is 2.05. The lowest BCUT2D eigenvalue weighted by Gasteiger charge is -2.11. The van der Waals surface area contributed by atoms with Gasteiger partial charge in [-0.15, -0.1) is 0 Å². The van der Waals surface area contributed by atoms with Crippen molar-refractivity contribution in [2.45, 2.75) is 0 Å². The fraction of sp³-hybridized carbons (Fsp3) is 0.333. The van der Waals surface area contributed by atoms with Crippen molar-refractivity contribution >= 4 is 23.2 Å². The second-order valence-corrected chi connectivity index (χ2v) is 3.40. The molecule has 0 aromatic heterocycles. The maximum Gasteiger partial charge on any atom is 0.179 e. The van der Waals surface area contributed by atoms with Gasteiger partial charge in [0.25, 0.3) is 0 Å². The van der Waals surface area contributed by atoms with Crippen LogP contribution in [-0.4, -0.2) is 20.3 Å². The number of halogens is 2. The molecule has 3 nitrogen and oxygen atoms in total. The van der Waals surface area contributed by atoms with Gasteiger partial charge in [-0.3, -0.25) is 0 Å². The van der Waals surface area contributed by atoms with Gasteiger partial charge in [-0.25, -0.2) is 0 Å². The highest BCUT2D eigenvalue weighted by Gasteiger charge is 2.10. The topological polar surface area (TPSA) is 44.5 Å². The summed E-state index contributed by atoms with van der Waals surface area (Å²) in [5.74, 6) is 0.986. The summed E-state index contributed by atoms with van der Waals surface area (Å²) in [7, 11) is 1.52. The Morgan fingerprint density at radius 3 is 2.64 bits per heavy atom. The van der Waals surface area contributed by atoms with Crippen molar-refractivity contribution in [3.05, 3.63) is 22.2 Å². The average molecular weight is 236 g/mol. The first kappa shape index (κ1) is 11.4. The maximum atomic E-state index is 5.89. The van der Waals surface area contributed by atoms with Crippen LogP contribution in [0.3, 0.4) is 0 Å². The molecule has 1 aromatic rings. The molecule has 1 rings (SSSR count). The van der Waals surface area contributed by atoms with Crippen molar-refractivity contribution in [3.8, 4) is 11.5 Å². The van der Waals surface area contributed by atoms with Gasteiger partial charge >= 0.3 is 0 Å². The van der Waals surface area contributed by atoms with E-state index in [1.807, 2.05) is 0 Å². The molecular weight excluding hydrogens is 225 g/mol. The van der Waals surface area contributed by atoms with Crippen molar-refractivity contribution in [1.29, 1.82) is 0 Å². The second kappa shape index (κ2) is 5.29. The van der Waals surface area contributed by atoms with Crippen molar-refractivity contribution in [1.82, 2.24) is 0 Å². The predicted molar refractivity (Wildman–Crippen MR) is 57.6 cm³/mol. The predicted octanol–water partition coefficient (Wildman–Crippen LogP) is 2.34. The lowest BCUT2D eigenvalue weighted by Crippen LogP contribution is -2.11. The SMILES string of the molecule is COc1c(Cl)cc(Cl)cc1OCCN. The van der Waals surface area contributed by atoms with Gasteiger partial charge in [0.05, 0.1) is 12.1 Å². The molecule has 1 aromatic carbocycles. The van der Waals surface area contributed by atoms with Crippen LogP contribution >= 0.6 is 23.2 Å². The summed E-state index contributed by atoms with van der Waals surface area (Å²) in [6, 6.07) is 3.24. The van der Waals surface area contributed by atoms with E-state index < -0.39 is 0 Å². The van der Waals surface area contributed by atoms with Crippen LogP contribution in [0.1, 0.15) is 0 Å². The zero-order valence-corrected chi connectivity index (χ0v) is 9.23. The minimum Gasteiger partial charge on any atom is -0.491 e. The highest BCUT2D eigenvalue weighted by atomic mass is 35.5. The third-order valence-electron chi connectivity index (χ3n) is 1.55. The van der Waals surface area contributed by atoms with Gasteiger partial charge in [-0.1, -0.05) is 23.2 Å². The summed E-state index contributed by atoms with van der Waals surface area (Å²) >= 11 is 11.7. The largest absolute Gasteiger partial charge is 0.491 e. The van der Waals surface area contributed by atoms with Crippen molar-refractivity contribution < 1.29 is 9.47 Å². The van der Waals surface area contributed by atoms with Crippen molar-refractivity contribution in [3.63, 3.8) is 0 Å². The Morgan fingerprint density at radius 1 is 1.36 bits per heavy atom. The van der Waals surface area contributed by atoms with Crippen LogP contribution in [0.15, 0.2) is 12.1 Å². The quantitative estimate of drug-likeness (QED) is 0.872. The molecule has 14 heavy (non-hydrogen) atoms. The molecule has 0 saturated heterocycles. The smallest absolute Gasteiger partial charge is 0.179 e. The van der Waals surface area contributed by atoms with E-state index in [4.69, 9.17) is 38.4 Å². The zero-order chi connectivity index (χ0) is 10.6. The first-order valence-corrected chi connectivity index (χ1v) is 4.80. The van der Waals surface area contributed by atoms with Crippen LogP contribution in [-0.2, 0) is 0 Å². The summed E-state index contributed by atoms with van der Waals surface area (Å²) in [4.78, 5) is 0. The lowest BCUT2D eigenvalue weighted by molar-refractivity contribution is 0.302. The van der Waals surface area contributed by atoms with E-state index in [0.717, 1.165) is 0 Å². The highest BCUT2D eigenvalue weighted by molar-refractivity contribution is 6.35. The minimum atomic E-state index is 0.396. The normalized spacial score (nSPS) is 10.0. The molecule has 0 atom stereocenters. The van der Waals surface area contributed by atoms with Crippen LogP contribution in [0.5, 0.6) is 11.5 Å². The van der Waals surface area contributed by atoms with Gasteiger partial charge in [-0.2, -0.15) is 0 Å². The molecule has 0 aliphatic heterocycles. The van der Waals surface area contributed by atoms with Gasteiger partial charge in [0.1, 0.15) is 6.61 Å². The van der Waals surface area contributed by atoms with E-state index >= 15 is 0 Å². The second-order valence-electron chi connectivity index (χ2n) is 2.56. The van der Waals surface area contributed by atoms with Gasteiger partial charge < -0.3 is 15.2 Å². The average Bonchev–Trinajstić information content (AvgIpc) is 2.14. The van der Waals surface area contributed by atoms with Gasteiger partial charge in [0.15, 0.2) is 11.5 Å². The number of rotatable bonds is 4. The standard InChI is InChI=1S/C9H11Cl2NO2/c1-13-9-7(11)4-6(10)5-8(9)14-3-2-12/h4-5H,2-3,12H2,1H3. The summed E-state index contributed by atoms with van der Waals surface area (Å²) in [6.45, 7) is 0.820. The molecule has 0 bridgehead atoms. The Labute approximate surface area is 92.7 Å². The molecule has 0 spiro atoms. The highest BCUT2D eigenvalue weighted by Crippen LogP contribution is 2.37. The molecule has 0 fully saturated rings. The van der Waals surface area contributed by atoms with E-state index in [2.05, 4.69) is 0 Å². The number of ether oxygens (including phenoxy) is 2. The van der Waals surface area contributed by atoms with E-state index in [1.54, 1.807) is 12.1 Å². The number of nitrogens with two attached hydrogens (primary N) is 1. The van der Waals surface area contributed by atoms with Gasteiger partial charge in [-0.05, 0) is 6.07 Å². The molecule has 5 heteroatoms. The summed E-state index contributed by atoms with van der Waals surface area (Å²) in [5.41, 5.74) is 5.31. The Morgan fingerprint density at radius 2 is 2.07 bits per heavy atom. The minimum absolute atomic E-state index is 0.396. The van der Waals surface area contributed by atoms with Gasteiger partial charge in [0, 0.05) is 17.6 Å². The summed E-state index contributed by atoms with van der Waals surface area (Å²) in [6.07, 6.45) is 0. The lowest BCUT2D eigenvalue weighted by atomic mass is 10.3. The van der Waals surface area contributed by atoms with E-state index in [1.165, 1.54) is 7.11 Å². The Hall–Kier alpha value is -0.640. The number of benzene rings is 1. The third kappa shape index (κ3) is 2.67. The molecule has 78 valence electrons. The molecule has 0 amide bonds. The maximum absolute atomic E-state index is 5.89. The summed E-state index contributed by atoms with van der Waals surface area (Å²) < 4.78 is 10.4. The molecule has 0 heterocycles. The Balaban J connectivity index is 2.99. The van der Waals surface area contributed by atoms with Crippen molar-refractivity contribution in [2.24, 2.45) is 5.73 Å². The summed E-state index contributed by atoms with van der Waals surface area (Å²) in [5, 5.41) is 0.926. The molecule has 0 aliphatic rings. The first-order valence-electron chi connectivity index (χ1n) is 4.05.